The van der Waals surface area contributed by atoms with Crippen molar-refractivity contribution in [3.05, 3.63) is 15.6 Å². The Hall–Kier alpha value is -0.540. The van der Waals surface area contributed by atoms with Crippen molar-refractivity contribution < 1.29 is 25.2 Å². The highest BCUT2D eigenvalue weighted by Gasteiger charge is 2.46. The molecule has 19 heavy (non-hydrogen) atoms. The Morgan fingerprint density at radius 2 is 1.95 bits per heavy atom. The van der Waals surface area contributed by atoms with Gasteiger partial charge in [-0.15, -0.1) is 11.8 Å². The molecule has 0 bridgehead atoms. The average Bonchev–Trinajstić information content (AvgIpc) is 2.27. The highest BCUT2D eigenvalue weighted by Crippen LogP contribution is 2.30. The molecule has 0 aromatic heterocycles. The highest BCUT2D eigenvalue weighted by molar-refractivity contribution is 8.03. The van der Waals surface area contributed by atoms with Crippen LogP contribution in [0.25, 0.3) is 0 Å². The number of carbonyl (C=O) groups excluding carboxylic acids is 2. The molecule has 0 atom stereocenters. The topological polar surface area (TPSA) is 116 Å². The minimum absolute atomic E-state index is 0. The van der Waals surface area contributed by atoms with Crippen molar-refractivity contribution in [2.75, 3.05) is 12.3 Å². The molecular weight excluding hydrogens is 343 g/mol. The van der Waals surface area contributed by atoms with Crippen molar-refractivity contribution in [1.29, 1.82) is 0 Å². The molecule has 108 valence electrons. The lowest BCUT2D eigenvalue weighted by molar-refractivity contribution is -0.750. The van der Waals surface area contributed by atoms with Gasteiger partial charge in [0.1, 0.15) is 0 Å². The number of allylic oxidation sites excluding steroid dienone is 1. The number of nitrogens with one attached hydrogen (secondary N) is 1. The molecule has 1 aliphatic heterocycles. The highest BCUT2D eigenvalue weighted by atomic mass is 35.6. The smallest absolute Gasteiger partial charge is 0.396 e. The summed E-state index contributed by atoms with van der Waals surface area (Å²) < 4.78 is -2.47. The first-order valence-corrected chi connectivity index (χ1v) is 6.80. The van der Waals surface area contributed by atoms with E-state index >= 15 is 0 Å². The number of nitrogens with zero attached hydrogens (tertiary/aromatic N) is 1. The summed E-state index contributed by atoms with van der Waals surface area (Å²) in [7, 11) is 0. The maximum absolute atomic E-state index is 11.7. The maximum Gasteiger partial charge on any atom is 0.396 e. The van der Waals surface area contributed by atoms with Gasteiger partial charge in [0, 0.05) is 12.3 Å². The molecule has 1 heterocycles. The molecule has 0 unspecified atom stereocenters. The summed E-state index contributed by atoms with van der Waals surface area (Å²) in [4.78, 5) is 33.5. The van der Waals surface area contributed by atoms with E-state index in [-0.39, 0.29) is 10.5 Å². The van der Waals surface area contributed by atoms with Crippen molar-refractivity contribution in [1.82, 2.24) is 5.32 Å². The van der Waals surface area contributed by atoms with Crippen molar-refractivity contribution >= 4 is 58.1 Å². The standard InChI is InChI=1S/C8H7Cl3N2O4S.H2O/c9-8(10,11)6(15)5(14)4(13(16)17)7-12-2-1-3-18-7;/h1-3H2,(H-,12,14,16,17);1H2. The van der Waals surface area contributed by atoms with E-state index in [2.05, 4.69) is 5.32 Å². The lowest BCUT2D eigenvalue weighted by atomic mass is 10.2. The first-order chi connectivity index (χ1) is 8.25. The average molecular weight is 352 g/mol. The van der Waals surface area contributed by atoms with E-state index in [9.17, 15) is 14.5 Å². The van der Waals surface area contributed by atoms with Crippen molar-refractivity contribution in [3.63, 3.8) is 0 Å². The third kappa shape index (κ3) is 4.81. The van der Waals surface area contributed by atoms with Crippen LogP contribution in [0.15, 0.2) is 10.7 Å². The second-order valence-electron chi connectivity index (χ2n) is 3.24. The predicted octanol–water partition coefficient (Wildman–Crippen LogP) is 1.38. The van der Waals surface area contributed by atoms with Gasteiger partial charge in [-0.25, -0.2) is 5.21 Å². The Kier molecular flexibility index (Phi) is 7.09. The molecule has 0 aromatic carbocycles. The van der Waals surface area contributed by atoms with Gasteiger partial charge in [0.2, 0.25) is 0 Å². The van der Waals surface area contributed by atoms with Gasteiger partial charge >= 0.3 is 11.5 Å². The van der Waals surface area contributed by atoms with Crippen LogP contribution in [0.5, 0.6) is 0 Å². The van der Waals surface area contributed by atoms with Gasteiger partial charge in [0.05, 0.1) is 4.91 Å². The van der Waals surface area contributed by atoms with E-state index in [0.29, 0.717) is 12.3 Å². The van der Waals surface area contributed by atoms with Crippen LogP contribution in [0.2, 0.25) is 0 Å². The lowest BCUT2D eigenvalue weighted by Gasteiger charge is -2.14. The monoisotopic (exact) mass is 350 g/mol. The number of ketones is 2. The number of Topliss-reactive ketones (excluding diaryl/α,β-unsaturated/α-hetero) is 2. The molecule has 0 spiro atoms. The number of carbonyl (C=O) groups is 2. The van der Waals surface area contributed by atoms with Crippen molar-refractivity contribution in [2.24, 2.45) is 0 Å². The summed E-state index contributed by atoms with van der Waals surface area (Å²) in [6.07, 6.45) is 0.818. The number of thioether (sulfide) groups is 1. The Labute approximate surface area is 127 Å². The van der Waals surface area contributed by atoms with Gasteiger partial charge in [0.25, 0.3) is 14.5 Å². The number of halogens is 3. The fourth-order valence-corrected chi connectivity index (χ4v) is 2.43. The summed E-state index contributed by atoms with van der Waals surface area (Å²) in [6, 6.07) is 0. The fraction of sp³-hybridized carbons (Fsp3) is 0.500. The molecule has 0 amide bonds. The second-order valence-corrected chi connectivity index (χ2v) is 6.62. The van der Waals surface area contributed by atoms with Gasteiger partial charge in [-0.2, -0.15) is 0 Å². The molecule has 3 N–H and O–H groups in total. The number of hydrogen-bond acceptors (Lipinski definition) is 6. The molecule has 1 saturated heterocycles. The Morgan fingerprint density at radius 3 is 2.32 bits per heavy atom. The van der Waals surface area contributed by atoms with E-state index < -0.39 is 26.0 Å². The largest absolute Gasteiger partial charge is 0.870 e. The van der Waals surface area contributed by atoms with E-state index in [1.165, 1.54) is 0 Å². The molecule has 1 rings (SSSR count). The fourth-order valence-electron chi connectivity index (χ4n) is 1.16. The quantitative estimate of drug-likeness (QED) is 0.341. The van der Waals surface area contributed by atoms with Crippen LogP contribution in [0.4, 0.5) is 0 Å². The van der Waals surface area contributed by atoms with Crippen molar-refractivity contribution in [3.8, 4) is 0 Å². The number of alkyl halides is 3. The zero-order valence-corrected chi connectivity index (χ0v) is 12.3. The first kappa shape index (κ1) is 18.5. The Morgan fingerprint density at radius 1 is 1.37 bits per heavy atom. The van der Waals surface area contributed by atoms with Gasteiger partial charge in [0.15, 0.2) is 5.03 Å². The van der Waals surface area contributed by atoms with Crippen LogP contribution in [0.1, 0.15) is 6.42 Å². The van der Waals surface area contributed by atoms with E-state index in [0.717, 1.165) is 18.2 Å². The molecule has 11 heteroatoms. The second kappa shape index (κ2) is 7.30. The van der Waals surface area contributed by atoms with E-state index in [4.69, 9.17) is 40.0 Å². The zero-order chi connectivity index (χ0) is 13.9. The van der Waals surface area contributed by atoms with Gasteiger partial charge in [-0.1, -0.05) is 34.8 Å². The molecule has 1 aliphatic rings. The number of hydrogen-bond donors (Lipinski definition) is 2. The van der Waals surface area contributed by atoms with E-state index in [1.54, 1.807) is 0 Å². The molecule has 0 saturated carbocycles. The third-order valence-corrected chi connectivity index (χ3v) is 3.57. The van der Waals surface area contributed by atoms with Gasteiger partial charge in [-0.3, -0.25) is 9.59 Å². The van der Waals surface area contributed by atoms with Crippen LogP contribution < -0.4 is 5.32 Å². The molecule has 0 aliphatic carbocycles. The molecule has 0 aromatic rings. The predicted molar refractivity (Wildman–Crippen MR) is 69.8 cm³/mol. The SMILES string of the molecule is O=C(C(=O)C(Cl)(Cl)Cl)C(=C1NCCCS1)[N+](=O)O.[OH-]. The summed E-state index contributed by atoms with van der Waals surface area (Å²) in [5.41, 5.74) is -0.768. The summed E-state index contributed by atoms with van der Waals surface area (Å²) in [5, 5.41) is 11.7. The Bertz CT molecular complexity index is 427. The summed E-state index contributed by atoms with van der Waals surface area (Å²) in [5.74, 6) is -2.13. The van der Waals surface area contributed by atoms with Crippen LogP contribution in [0.3, 0.4) is 0 Å². The minimum atomic E-state index is -2.47. The van der Waals surface area contributed by atoms with Crippen LogP contribution in [-0.4, -0.2) is 43.3 Å². The molecule has 1 fully saturated rings. The molecule has 7 nitrogen and oxygen atoms in total. The van der Waals surface area contributed by atoms with Crippen molar-refractivity contribution in [2.45, 2.75) is 10.2 Å². The molecule has 0 radical (unpaired) electrons. The zero-order valence-electron chi connectivity index (χ0n) is 9.23. The van der Waals surface area contributed by atoms with Gasteiger partial charge < -0.3 is 10.8 Å². The number of rotatable bonds is 3. The maximum atomic E-state index is 11.7. The van der Waals surface area contributed by atoms with E-state index in [1.807, 2.05) is 0 Å². The minimum Gasteiger partial charge on any atom is -0.870 e. The summed E-state index contributed by atoms with van der Waals surface area (Å²) >= 11 is 16.9. The Balaban J connectivity index is 0.00000324. The summed E-state index contributed by atoms with van der Waals surface area (Å²) in [6.45, 7) is 0.509. The van der Waals surface area contributed by atoms with Crippen LogP contribution >= 0.6 is 46.6 Å². The van der Waals surface area contributed by atoms with Crippen LogP contribution in [-0.2, 0) is 9.59 Å². The first-order valence-electron chi connectivity index (χ1n) is 4.68. The lowest BCUT2D eigenvalue weighted by Crippen LogP contribution is -2.34. The molecular formula is C8H9Cl3N2O5S. The normalized spacial score (nSPS) is 17.8. The van der Waals surface area contributed by atoms with Crippen LogP contribution in [0, 0.1) is 4.91 Å². The van der Waals surface area contributed by atoms with Gasteiger partial charge in [-0.05, 0) is 6.42 Å². The third-order valence-electron chi connectivity index (χ3n) is 1.94.